The van der Waals surface area contributed by atoms with Crippen molar-refractivity contribution in [2.24, 2.45) is 0 Å². The molecule has 0 bridgehead atoms. The molecule has 84 valence electrons. The summed E-state index contributed by atoms with van der Waals surface area (Å²) in [5.41, 5.74) is -0.253. The van der Waals surface area contributed by atoms with Crippen LogP contribution in [0.4, 0.5) is 5.82 Å². The number of nitrogens with one attached hydrogen (secondary N) is 1. The third kappa shape index (κ3) is 3.59. The molecule has 0 aliphatic heterocycles. The molecule has 0 spiro atoms. The number of aromatic nitrogens is 2. The van der Waals surface area contributed by atoms with Crippen molar-refractivity contribution < 1.29 is 4.74 Å². The molecule has 0 unspecified atom stereocenters. The summed E-state index contributed by atoms with van der Waals surface area (Å²) in [6.07, 6.45) is 1.41. The Kier molecular flexibility index (Phi) is 4.31. The van der Waals surface area contributed by atoms with Crippen LogP contribution in [0.3, 0.4) is 0 Å². The van der Waals surface area contributed by atoms with Gasteiger partial charge in [0.25, 0.3) is 0 Å². The normalized spacial score (nSPS) is 11.5. The summed E-state index contributed by atoms with van der Waals surface area (Å²) in [6.45, 7) is 4.60. The first-order chi connectivity index (χ1) is 6.96. The van der Waals surface area contributed by atoms with Crippen LogP contribution in [0, 0.1) is 0 Å². The molecular weight excluding hydrogens is 281 g/mol. The Morgan fingerprint density at radius 3 is 2.80 bits per heavy atom. The smallest absolute Gasteiger partial charge is 0.148 e. The van der Waals surface area contributed by atoms with Crippen LogP contribution in [0.2, 0.25) is 5.15 Å². The zero-order chi connectivity index (χ0) is 11.5. The Hall–Kier alpha value is -0.390. The van der Waals surface area contributed by atoms with Gasteiger partial charge < -0.3 is 10.1 Å². The van der Waals surface area contributed by atoms with Gasteiger partial charge in [0.1, 0.15) is 17.3 Å². The zero-order valence-electron chi connectivity index (χ0n) is 8.84. The van der Waals surface area contributed by atoms with Crippen molar-refractivity contribution in [2.75, 3.05) is 19.0 Å². The van der Waals surface area contributed by atoms with E-state index >= 15 is 0 Å². The Morgan fingerprint density at radius 2 is 2.20 bits per heavy atom. The molecule has 0 radical (unpaired) electrons. The van der Waals surface area contributed by atoms with Crippen LogP contribution in [0.25, 0.3) is 0 Å². The molecule has 0 saturated carbocycles. The molecule has 6 heteroatoms. The summed E-state index contributed by atoms with van der Waals surface area (Å²) in [5.74, 6) is 0.667. The Labute approximate surface area is 103 Å². The predicted molar refractivity (Wildman–Crippen MR) is 64.3 cm³/mol. The number of rotatable bonds is 4. The van der Waals surface area contributed by atoms with Gasteiger partial charge in [-0.25, -0.2) is 9.97 Å². The highest BCUT2D eigenvalue weighted by Gasteiger charge is 2.17. The second kappa shape index (κ2) is 5.09. The molecule has 0 saturated heterocycles. The van der Waals surface area contributed by atoms with E-state index in [1.807, 2.05) is 13.8 Å². The predicted octanol–water partition coefficient (Wildman–Crippen LogP) is 2.73. The molecular formula is C9H13BrClN3O. The van der Waals surface area contributed by atoms with Crippen LogP contribution in [0.1, 0.15) is 13.8 Å². The topological polar surface area (TPSA) is 47.0 Å². The van der Waals surface area contributed by atoms with Crippen LogP contribution >= 0.6 is 27.5 Å². The fourth-order valence-corrected chi connectivity index (χ4v) is 1.32. The molecule has 0 atom stereocenters. The summed E-state index contributed by atoms with van der Waals surface area (Å²) >= 11 is 9.14. The Morgan fingerprint density at radius 1 is 1.53 bits per heavy atom. The van der Waals surface area contributed by atoms with Crippen molar-refractivity contribution in [3.63, 3.8) is 0 Å². The Bertz CT molecular complexity index is 346. The quantitative estimate of drug-likeness (QED) is 0.868. The van der Waals surface area contributed by atoms with Gasteiger partial charge in [-0.2, -0.15) is 0 Å². The molecule has 1 rings (SSSR count). The van der Waals surface area contributed by atoms with Gasteiger partial charge in [-0.05, 0) is 29.8 Å². The van der Waals surface area contributed by atoms with E-state index in [4.69, 9.17) is 16.3 Å². The van der Waals surface area contributed by atoms with Crippen LogP contribution < -0.4 is 5.32 Å². The average Bonchev–Trinajstić information content (AvgIpc) is 2.20. The minimum absolute atomic E-state index is 0.253. The monoisotopic (exact) mass is 293 g/mol. The molecule has 0 amide bonds. The SMILES string of the molecule is COC(C)(C)CNc1ncnc(Cl)c1Br. The number of methoxy groups -OCH3 is 1. The lowest BCUT2D eigenvalue weighted by Crippen LogP contribution is -2.32. The lowest BCUT2D eigenvalue weighted by molar-refractivity contribution is 0.0343. The van der Waals surface area contributed by atoms with Crippen molar-refractivity contribution in [2.45, 2.75) is 19.4 Å². The van der Waals surface area contributed by atoms with Crippen LogP contribution in [0.15, 0.2) is 10.8 Å². The molecule has 0 fully saturated rings. The van der Waals surface area contributed by atoms with E-state index in [1.165, 1.54) is 6.33 Å². The molecule has 1 aromatic heterocycles. The number of hydrogen-bond acceptors (Lipinski definition) is 4. The minimum Gasteiger partial charge on any atom is -0.377 e. The molecule has 0 aliphatic rings. The maximum atomic E-state index is 5.83. The van der Waals surface area contributed by atoms with Gasteiger partial charge in [0.2, 0.25) is 0 Å². The third-order valence-corrected chi connectivity index (χ3v) is 3.25. The van der Waals surface area contributed by atoms with Gasteiger partial charge in [-0.1, -0.05) is 11.6 Å². The number of halogens is 2. The average molecular weight is 295 g/mol. The maximum absolute atomic E-state index is 5.83. The van der Waals surface area contributed by atoms with Crippen LogP contribution in [-0.2, 0) is 4.74 Å². The fourth-order valence-electron chi connectivity index (χ4n) is 0.840. The van der Waals surface area contributed by atoms with Crippen molar-refractivity contribution in [1.82, 2.24) is 9.97 Å². The van der Waals surface area contributed by atoms with Gasteiger partial charge >= 0.3 is 0 Å². The number of hydrogen-bond donors (Lipinski definition) is 1. The second-order valence-electron chi connectivity index (χ2n) is 3.64. The van der Waals surface area contributed by atoms with Crippen molar-refractivity contribution >= 4 is 33.3 Å². The minimum atomic E-state index is -0.253. The molecule has 1 N–H and O–H groups in total. The summed E-state index contributed by atoms with van der Waals surface area (Å²) < 4.78 is 5.94. The van der Waals surface area contributed by atoms with Crippen molar-refractivity contribution in [1.29, 1.82) is 0 Å². The lowest BCUT2D eigenvalue weighted by atomic mass is 10.1. The standard InChI is InChI=1S/C9H13BrClN3O/c1-9(2,15-3)4-12-8-6(10)7(11)13-5-14-8/h5H,4H2,1-3H3,(H,12,13,14). The molecule has 1 aromatic rings. The first kappa shape index (κ1) is 12.7. The summed E-state index contributed by atoms with van der Waals surface area (Å²) in [7, 11) is 1.67. The van der Waals surface area contributed by atoms with Gasteiger partial charge in [0.05, 0.1) is 10.1 Å². The van der Waals surface area contributed by atoms with E-state index in [-0.39, 0.29) is 5.60 Å². The maximum Gasteiger partial charge on any atom is 0.148 e. The second-order valence-corrected chi connectivity index (χ2v) is 4.80. The number of anilines is 1. The van der Waals surface area contributed by atoms with Crippen LogP contribution in [0.5, 0.6) is 0 Å². The highest BCUT2D eigenvalue weighted by Crippen LogP contribution is 2.26. The fraction of sp³-hybridized carbons (Fsp3) is 0.556. The van der Waals surface area contributed by atoms with Gasteiger partial charge in [-0.3, -0.25) is 0 Å². The molecule has 15 heavy (non-hydrogen) atoms. The van der Waals surface area contributed by atoms with Crippen molar-refractivity contribution in [3.05, 3.63) is 16.0 Å². The third-order valence-electron chi connectivity index (χ3n) is 1.98. The van der Waals surface area contributed by atoms with E-state index in [0.29, 0.717) is 22.0 Å². The van der Waals surface area contributed by atoms with E-state index in [9.17, 15) is 0 Å². The summed E-state index contributed by atoms with van der Waals surface area (Å²) in [4.78, 5) is 7.91. The first-order valence-electron chi connectivity index (χ1n) is 4.41. The van der Waals surface area contributed by atoms with Crippen LogP contribution in [-0.4, -0.2) is 29.2 Å². The largest absolute Gasteiger partial charge is 0.377 e. The zero-order valence-corrected chi connectivity index (χ0v) is 11.2. The first-order valence-corrected chi connectivity index (χ1v) is 5.58. The van der Waals surface area contributed by atoms with E-state index in [0.717, 1.165) is 0 Å². The molecule has 1 heterocycles. The van der Waals surface area contributed by atoms with E-state index in [2.05, 4.69) is 31.2 Å². The van der Waals surface area contributed by atoms with Crippen molar-refractivity contribution in [3.8, 4) is 0 Å². The van der Waals surface area contributed by atoms with E-state index < -0.39 is 0 Å². The van der Waals surface area contributed by atoms with Gasteiger partial charge in [0, 0.05) is 13.7 Å². The van der Waals surface area contributed by atoms with Gasteiger partial charge in [-0.15, -0.1) is 0 Å². The number of nitrogens with zero attached hydrogens (tertiary/aromatic N) is 2. The molecule has 0 aromatic carbocycles. The highest BCUT2D eigenvalue weighted by molar-refractivity contribution is 9.10. The summed E-state index contributed by atoms with van der Waals surface area (Å²) in [6, 6.07) is 0. The highest BCUT2D eigenvalue weighted by atomic mass is 79.9. The Balaban J connectivity index is 2.70. The summed E-state index contributed by atoms with van der Waals surface area (Å²) in [5, 5.41) is 3.53. The lowest BCUT2D eigenvalue weighted by Gasteiger charge is -2.23. The molecule has 0 aliphatic carbocycles. The number of ether oxygens (including phenoxy) is 1. The van der Waals surface area contributed by atoms with Gasteiger partial charge in [0.15, 0.2) is 0 Å². The van der Waals surface area contributed by atoms with E-state index in [1.54, 1.807) is 7.11 Å². The molecule has 4 nitrogen and oxygen atoms in total.